The van der Waals surface area contributed by atoms with Crippen molar-refractivity contribution < 1.29 is 9.90 Å². The van der Waals surface area contributed by atoms with E-state index in [1.165, 1.54) is 0 Å². The first-order valence-electron chi connectivity index (χ1n) is 5.93. The predicted molar refractivity (Wildman–Crippen MR) is 70.2 cm³/mol. The number of benzene rings is 1. The van der Waals surface area contributed by atoms with Crippen molar-refractivity contribution in [1.82, 2.24) is 0 Å². The van der Waals surface area contributed by atoms with Crippen LogP contribution in [0.3, 0.4) is 0 Å². The van der Waals surface area contributed by atoms with Gasteiger partial charge in [-0.3, -0.25) is 4.79 Å². The highest BCUT2D eigenvalue weighted by molar-refractivity contribution is 5.91. The van der Waals surface area contributed by atoms with Crippen molar-refractivity contribution in [1.29, 1.82) is 0 Å². The molecule has 1 aromatic carbocycles. The Morgan fingerprint density at radius 1 is 1.41 bits per heavy atom. The summed E-state index contributed by atoms with van der Waals surface area (Å²) >= 11 is 0. The molecule has 4 heteroatoms. The minimum Gasteiger partial charge on any atom is -0.387 e. The summed E-state index contributed by atoms with van der Waals surface area (Å²) in [6, 6.07) is 7.89. The molecule has 1 atom stereocenters. The van der Waals surface area contributed by atoms with Crippen molar-refractivity contribution in [3.63, 3.8) is 0 Å². The van der Waals surface area contributed by atoms with E-state index in [4.69, 9.17) is 5.11 Å². The Kier molecular flexibility index (Phi) is 5.49. The molecule has 17 heavy (non-hydrogen) atoms. The molecule has 0 bridgehead atoms. The highest BCUT2D eigenvalue weighted by Crippen LogP contribution is 2.16. The van der Waals surface area contributed by atoms with Crippen molar-refractivity contribution in [2.24, 2.45) is 0 Å². The third kappa shape index (κ3) is 4.87. The van der Waals surface area contributed by atoms with Gasteiger partial charge in [0, 0.05) is 17.4 Å². The fourth-order valence-electron chi connectivity index (χ4n) is 1.68. The molecule has 1 rings (SSSR count). The van der Waals surface area contributed by atoms with Crippen molar-refractivity contribution in [3.05, 3.63) is 24.3 Å². The summed E-state index contributed by atoms with van der Waals surface area (Å²) in [5, 5.41) is 14.6. The standard InChI is InChI=1S/C13H20N2O2/c1-3-5-10(2)14-11-6-4-7-12(8-11)15-13(17)9-16/h4,6-8,10,14,16H,3,5,9H2,1-2H3,(H,15,17). The first-order chi connectivity index (χ1) is 8.15. The van der Waals surface area contributed by atoms with E-state index in [0.29, 0.717) is 11.7 Å². The molecule has 0 aliphatic heterocycles. The first kappa shape index (κ1) is 13.5. The maximum absolute atomic E-state index is 11.0. The second-order valence-corrected chi connectivity index (χ2v) is 4.12. The van der Waals surface area contributed by atoms with Crippen LogP contribution in [0, 0.1) is 0 Å². The first-order valence-corrected chi connectivity index (χ1v) is 5.93. The number of nitrogens with one attached hydrogen (secondary N) is 2. The summed E-state index contributed by atoms with van der Waals surface area (Å²) in [6.07, 6.45) is 2.24. The van der Waals surface area contributed by atoms with Gasteiger partial charge >= 0.3 is 0 Å². The number of anilines is 2. The Bertz CT molecular complexity index is 366. The summed E-state index contributed by atoms with van der Waals surface area (Å²) < 4.78 is 0. The van der Waals surface area contributed by atoms with E-state index in [0.717, 1.165) is 18.5 Å². The van der Waals surface area contributed by atoms with Crippen LogP contribution in [-0.2, 0) is 4.79 Å². The Balaban J connectivity index is 2.62. The number of carbonyl (C=O) groups is 1. The second kappa shape index (κ2) is 6.91. The van der Waals surface area contributed by atoms with E-state index in [1.807, 2.05) is 18.2 Å². The largest absolute Gasteiger partial charge is 0.387 e. The SMILES string of the molecule is CCCC(C)Nc1cccc(NC(=O)CO)c1. The number of hydrogen-bond donors (Lipinski definition) is 3. The van der Waals surface area contributed by atoms with Crippen LogP contribution in [0.5, 0.6) is 0 Å². The molecule has 0 aliphatic carbocycles. The second-order valence-electron chi connectivity index (χ2n) is 4.12. The van der Waals surface area contributed by atoms with Gasteiger partial charge in [0.15, 0.2) is 0 Å². The number of carbonyl (C=O) groups excluding carboxylic acids is 1. The molecule has 0 saturated carbocycles. The zero-order valence-corrected chi connectivity index (χ0v) is 10.4. The third-order valence-corrected chi connectivity index (χ3v) is 2.42. The zero-order chi connectivity index (χ0) is 12.7. The molecule has 3 N–H and O–H groups in total. The lowest BCUT2D eigenvalue weighted by Crippen LogP contribution is -2.17. The normalized spacial score (nSPS) is 11.9. The van der Waals surface area contributed by atoms with Crippen LogP contribution in [0.1, 0.15) is 26.7 Å². The summed E-state index contributed by atoms with van der Waals surface area (Å²) in [5.74, 6) is -0.399. The Labute approximate surface area is 102 Å². The van der Waals surface area contributed by atoms with Crippen LogP contribution in [0.15, 0.2) is 24.3 Å². The zero-order valence-electron chi connectivity index (χ0n) is 10.4. The minimum absolute atomic E-state index is 0.399. The number of rotatable bonds is 6. The fourth-order valence-corrected chi connectivity index (χ4v) is 1.68. The number of aliphatic hydroxyl groups is 1. The minimum atomic E-state index is -0.496. The summed E-state index contributed by atoms with van der Waals surface area (Å²) in [7, 11) is 0. The highest BCUT2D eigenvalue weighted by Gasteiger charge is 2.03. The molecule has 0 spiro atoms. The fraction of sp³-hybridized carbons (Fsp3) is 0.462. The van der Waals surface area contributed by atoms with Crippen LogP contribution in [-0.4, -0.2) is 23.7 Å². The van der Waals surface area contributed by atoms with Gasteiger partial charge in [-0.1, -0.05) is 19.4 Å². The molecule has 0 aromatic heterocycles. The maximum Gasteiger partial charge on any atom is 0.250 e. The van der Waals surface area contributed by atoms with Gasteiger partial charge < -0.3 is 15.7 Å². The molecule has 0 saturated heterocycles. The summed E-state index contributed by atoms with van der Waals surface area (Å²) in [6.45, 7) is 3.78. The van der Waals surface area contributed by atoms with E-state index in [2.05, 4.69) is 24.5 Å². The quantitative estimate of drug-likeness (QED) is 0.709. The molecule has 1 unspecified atom stereocenters. The molecular weight excluding hydrogens is 216 g/mol. The van der Waals surface area contributed by atoms with E-state index in [-0.39, 0.29) is 0 Å². The molecular formula is C13H20N2O2. The molecule has 0 radical (unpaired) electrons. The van der Waals surface area contributed by atoms with E-state index in [1.54, 1.807) is 6.07 Å². The Morgan fingerprint density at radius 2 is 2.12 bits per heavy atom. The lowest BCUT2D eigenvalue weighted by atomic mass is 10.2. The lowest BCUT2D eigenvalue weighted by molar-refractivity contribution is -0.118. The molecule has 1 aromatic rings. The van der Waals surface area contributed by atoms with Crippen LogP contribution in [0.2, 0.25) is 0 Å². The van der Waals surface area contributed by atoms with E-state index in [9.17, 15) is 4.79 Å². The van der Waals surface area contributed by atoms with Crippen molar-refractivity contribution in [3.8, 4) is 0 Å². The molecule has 4 nitrogen and oxygen atoms in total. The third-order valence-electron chi connectivity index (χ3n) is 2.42. The van der Waals surface area contributed by atoms with Gasteiger partial charge in [0.25, 0.3) is 0 Å². The van der Waals surface area contributed by atoms with Gasteiger partial charge in [-0.05, 0) is 31.5 Å². The number of aliphatic hydroxyl groups excluding tert-OH is 1. The van der Waals surface area contributed by atoms with E-state index >= 15 is 0 Å². The van der Waals surface area contributed by atoms with Crippen LogP contribution in [0.25, 0.3) is 0 Å². The van der Waals surface area contributed by atoms with Gasteiger partial charge in [0.1, 0.15) is 6.61 Å². The van der Waals surface area contributed by atoms with E-state index < -0.39 is 12.5 Å². The maximum atomic E-state index is 11.0. The molecule has 0 heterocycles. The lowest BCUT2D eigenvalue weighted by Gasteiger charge is -2.15. The van der Waals surface area contributed by atoms with Gasteiger partial charge in [-0.2, -0.15) is 0 Å². The van der Waals surface area contributed by atoms with Crippen molar-refractivity contribution >= 4 is 17.3 Å². The Morgan fingerprint density at radius 3 is 2.76 bits per heavy atom. The van der Waals surface area contributed by atoms with Crippen molar-refractivity contribution in [2.45, 2.75) is 32.7 Å². The monoisotopic (exact) mass is 236 g/mol. The Hall–Kier alpha value is -1.55. The average Bonchev–Trinajstić information content (AvgIpc) is 2.29. The van der Waals surface area contributed by atoms with Gasteiger partial charge in [-0.25, -0.2) is 0 Å². The van der Waals surface area contributed by atoms with Crippen LogP contribution < -0.4 is 10.6 Å². The summed E-state index contributed by atoms with van der Waals surface area (Å²) in [4.78, 5) is 11.0. The number of amides is 1. The van der Waals surface area contributed by atoms with Crippen molar-refractivity contribution in [2.75, 3.05) is 17.2 Å². The molecule has 0 aliphatic rings. The molecule has 0 fully saturated rings. The van der Waals surface area contributed by atoms with Gasteiger partial charge in [0.05, 0.1) is 0 Å². The topological polar surface area (TPSA) is 61.4 Å². The number of hydrogen-bond acceptors (Lipinski definition) is 3. The summed E-state index contributed by atoms with van der Waals surface area (Å²) in [5.41, 5.74) is 1.67. The predicted octanol–water partition coefficient (Wildman–Crippen LogP) is 2.22. The average molecular weight is 236 g/mol. The van der Waals surface area contributed by atoms with Crippen LogP contribution >= 0.6 is 0 Å². The highest BCUT2D eigenvalue weighted by atomic mass is 16.3. The molecule has 94 valence electrons. The smallest absolute Gasteiger partial charge is 0.250 e. The molecule has 1 amide bonds. The van der Waals surface area contributed by atoms with Gasteiger partial charge in [0.2, 0.25) is 5.91 Å². The van der Waals surface area contributed by atoms with Crippen LogP contribution in [0.4, 0.5) is 11.4 Å². The van der Waals surface area contributed by atoms with Gasteiger partial charge in [-0.15, -0.1) is 0 Å².